The molecule has 0 saturated carbocycles. The van der Waals surface area contributed by atoms with Crippen LogP contribution in [0.15, 0.2) is 29.8 Å². The number of fused-ring (bicyclic) bond motifs is 1. The lowest BCUT2D eigenvalue weighted by atomic mass is 9.84. The summed E-state index contributed by atoms with van der Waals surface area (Å²) in [4.78, 5) is 14.3. The number of allylic oxidation sites excluding steroid dienone is 1. The van der Waals surface area contributed by atoms with Gasteiger partial charge in [0.2, 0.25) is 0 Å². The van der Waals surface area contributed by atoms with Crippen LogP contribution in [-0.4, -0.2) is 35.6 Å². The van der Waals surface area contributed by atoms with Crippen molar-refractivity contribution in [2.24, 2.45) is 5.92 Å². The number of piperidine rings is 1. The highest BCUT2D eigenvalue weighted by Gasteiger charge is 2.37. The van der Waals surface area contributed by atoms with E-state index in [2.05, 4.69) is 17.9 Å². The number of hydrogen-bond acceptors (Lipinski definition) is 2. The second kappa shape index (κ2) is 8.17. The Morgan fingerprint density at radius 2 is 1.92 bits per heavy atom. The Morgan fingerprint density at radius 3 is 2.54 bits per heavy atom. The van der Waals surface area contributed by atoms with Crippen LogP contribution in [0.3, 0.4) is 0 Å². The molecule has 1 unspecified atom stereocenters. The quantitative estimate of drug-likeness (QED) is 0.846. The molecule has 1 atom stereocenters. The Kier molecular flexibility index (Phi) is 6.47. The molecule has 24 heavy (non-hydrogen) atoms. The second-order valence-corrected chi connectivity index (χ2v) is 6.92. The minimum absolute atomic E-state index is 0. The van der Waals surface area contributed by atoms with Gasteiger partial charge in [0.05, 0.1) is 0 Å². The van der Waals surface area contributed by atoms with E-state index in [1.165, 1.54) is 30.5 Å². The van der Waals surface area contributed by atoms with Crippen LogP contribution in [0, 0.1) is 5.92 Å². The summed E-state index contributed by atoms with van der Waals surface area (Å²) in [6.07, 6.45) is 4.82. The highest BCUT2D eigenvalue weighted by molar-refractivity contribution is 5.92. The molecule has 1 N–H and O–H groups in total. The van der Waals surface area contributed by atoms with Gasteiger partial charge < -0.3 is 10.0 Å². The number of likely N-dealkylation sites (tertiary alicyclic amines) is 1. The van der Waals surface area contributed by atoms with Crippen molar-refractivity contribution < 1.29 is 9.90 Å². The van der Waals surface area contributed by atoms with Gasteiger partial charge in [-0.25, -0.2) is 0 Å². The summed E-state index contributed by atoms with van der Waals surface area (Å²) in [6.45, 7) is 7.75. The molecule has 1 saturated heterocycles. The summed E-state index contributed by atoms with van der Waals surface area (Å²) in [6, 6.07) is 8.09. The lowest BCUT2D eigenvalue weighted by molar-refractivity contribution is -0.137. The summed E-state index contributed by atoms with van der Waals surface area (Å²) in [5, 5.41) is 9.64. The van der Waals surface area contributed by atoms with Crippen LogP contribution in [0.4, 0.5) is 0 Å². The van der Waals surface area contributed by atoms with Gasteiger partial charge in [-0.1, -0.05) is 43.2 Å². The lowest BCUT2D eigenvalue weighted by Crippen LogP contribution is -2.34. The van der Waals surface area contributed by atoms with Crippen LogP contribution >= 0.6 is 12.4 Å². The van der Waals surface area contributed by atoms with Crippen molar-refractivity contribution in [3.05, 3.63) is 41.0 Å². The monoisotopic (exact) mass is 349 g/mol. The van der Waals surface area contributed by atoms with Crippen LogP contribution < -0.4 is 0 Å². The standard InChI is InChI=1S/C20H27NO2.ClH/c1-3-4-11-21-12-9-15(10-13-21)18-14(2)19(20(22)23)17-8-6-5-7-16(17)18;/h5-8,15,19H,3-4,9-13H2,1-2H3,(H,22,23);1H. The van der Waals surface area contributed by atoms with Crippen LogP contribution in [0.25, 0.3) is 5.57 Å². The zero-order chi connectivity index (χ0) is 16.4. The Bertz CT molecular complexity index is 618. The van der Waals surface area contributed by atoms with Gasteiger partial charge in [-0.05, 0) is 68.4 Å². The molecule has 2 aliphatic rings. The Morgan fingerprint density at radius 1 is 1.25 bits per heavy atom. The van der Waals surface area contributed by atoms with Crippen molar-refractivity contribution in [2.45, 2.75) is 45.4 Å². The summed E-state index contributed by atoms with van der Waals surface area (Å²) >= 11 is 0. The topological polar surface area (TPSA) is 40.5 Å². The fraction of sp³-hybridized carbons (Fsp3) is 0.550. The van der Waals surface area contributed by atoms with E-state index >= 15 is 0 Å². The van der Waals surface area contributed by atoms with Crippen molar-refractivity contribution in [3.8, 4) is 0 Å². The molecule has 0 aromatic heterocycles. The molecule has 4 heteroatoms. The summed E-state index contributed by atoms with van der Waals surface area (Å²) < 4.78 is 0. The molecule has 1 aliphatic carbocycles. The lowest BCUT2D eigenvalue weighted by Gasteiger charge is -2.33. The van der Waals surface area contributed by atoms with Crippen molar-refractivity contribution >= 4 is 23.9 Å². The maximum absolute atomic E-state index is 11.7. The molecule has 1 fully saturated rings. The molecule has 1 aromatic rings. The summed E-state index contributed by atoms with van der Waals surface area (Å²) in [5.41, 5.74) is 4.55. The maximum Gasteiger partial charge on any atom is 0.315 e. The van der Waals surface area contributed by atoms with E-state index in [1.54, 1.807) is 0 Å². The number of hydrogen-bond donors (Lipinski definition) is 1. The van der Waals surface area contributed by atoms with E-state index in [0.29, 0.717) is 5.92 Å². The van der Waals surface area contributed by atoms with Crippen LogP contribution in [-0.2, 0) is 4.79 Å². The molecule has 132 valence electrons. The number of halogens is 1. The number of carboxylic acid groups (broad SMARTS) is 1. The fourth-order valence-corrected chi connectivity index (χ4v) is 4.28. The summed E-state index contributed by atoms with van der Waals surface area (Å²) in [5.74, 6) is -0.650. The minimum atomic E-state index is -0.717. The molecular formula is C20H28ClNO2. The third-order valence-electron chi connectivity index (χ3n) is 5.49. The molecular weight excluding hydrogens is 322 g/mol. The van der Waals surface area contributed by atoms with Crippen molar-refractivity contribution in [3.63, 3.8) is 0 Å². The number of carbonyl (C=O) groups is 1. The smallest absolute Gasteiger partial charge is 0.315 e. The zero-order valence-corrected chi connectivity index (χ0v) is 15.4. The number of nitrogens with zero attached hydrogens (tertiary/aromatic N) is 1. The predicted molar refractivity (Wildman–Crippen MR) is 101 cm³/mol. The van der Waals surface area contributed by atoms with E-state index in [1.807, 2.05) is 25.1 Å². The number of aliphatic carboxylic acids is 1. The molecule has 3 rings (SSSR count). The highest BCUT2D eigenvalue weighted by Crippen LogP contribution is 2.47. The second-order valence-electron chi connectivity index (χ2n) is 6.92. The highest BCUT2D eigenvalue weighted by atomic mass is 35.5. The Balaban J connectivity index is 0.00000208. The SMILES string of the molecule is CCCCN1CCC(C2=C(C)C(C(=O)O)c3ccccc32)CC1.Cl. The molecule has 1 heterocycles. The average molecular weight is 350 g/mol. The normalized spacial score (nSPS) is 21.5. The first kappa shape index (κ1) is 19.0. The average Bonchev–Trinajstić information content (AvgIpc) is 2.85. The number of carboxylic acids is 1. The molecule has 0 spiro atoms. The molecule has 0 bridgehead atoms. The summed E-state index contributed by atoms with van der Waals surface area (Å²) in [7, 11) is 0. The molecule has 1 aromatic carbocycles. The number of rotatable bonds is 5. The van der Waals surface area contributed by atoms with Crippen LogP contribution in [0.1, 0.15) is 56.6 Å². The number of unbranched alkanes of at least 4 members (excludes halogenated alkanes) is 1. The number of benzene rings is 1. The van der Waals surface area contributed by atoms with Gasteiger partial charge in [-0.2, -0.15) is 0 Å². The fourth-order valence-electron chi connectivity index (χ4n) is 4.28. The molecule has 0 radical (unpaired) electrons. The van der Waals surface area contributed by atoms with Gasteiger partial charge in [0, 0.05) is 0 Å². The van der Waals surface area contributed by atoms with E-state index in [-0.39, 0.29) is 12.4 Å². The Hall–Kier alpha value is -1.32. The van der Waals surface area contributed by atoms with E-state index in [0.717, 1.165) is 37.1 Å². The molecule has 0 amide bonds. The third-order valence-corrected chi connectivity index (χ3v) is 5.49. The van der Waals surface area contributed by atoms with E-state index in [9.17, 15) is 9.90 Å². The van der Waals surface area contributed by atoms with Gasteiger partial charge >= 0.3 is 5.97 Å². The molecule has 3 nitrogen and oxygen atoms in total. The van der Waals surface area contributed by atoms with Gasteiger partial charge in [-0.3, -0.25) is 4.79 Å². The zero-order valence-electron chi connectivity index (χ0n) is 14.6. The van der Waals surface area contributed by atoms with Crippen LogP contribution in [0.5, 0.6) is 0 Å². The van der Waals surface area contributed by atoms with Crippen molar-refractivity contribution in [2.75, 3.05) is 19.6 Å². The first-order valence-corrected chi connectivity index (χ1v) is 8.88. The van der Waals surface area contributed by atoms with Gasteiger partial charge in [0.15, 0.2) is 0 Å². The largest absolute Gasteiger partial charge is 0.481 e. The minimum Gasteiger partial charge on any atom is -0.481 e. The van der Waals surface area contributed by atoms with Gasteiger partial charge in [0.25, 0.3) is 0 Å². The van der Waals surface area contributed by atoms with E-state index in [4.69, 9.17) is 0 Å². The van der Waals surface area contributed by atoms with Crippen molar-refractivity contribution in [1.29, 1.82) is 0 Å². The first-order valence-electron chi connectivity index (χ1n) is 8.88. The predicted octanol–water partition coefficient (Wildman–Crippen LogP) is 4.58. The van der Waals surface area contributed by atoms with E-state index < -0.39 is 11.9 Å². The third kappa shape index (κ3) is 3.52. The molecule has 1 aliphatic heterocycles. The first-order chi connectivity index (χ1) is 11.1. The maximum atomic E-state index is 11.7. The Labute approximate surface area is 151 Å². The van der Waals surface area contributed by atoms with Crippen molar-refractivity contribution in [1.82, 2.24) is 4.90 Å². The van der Waals surface area contributed by atoms with Crippen LogP contribution in [0.2, 0.25) is 0 Å². The van der Waals surface area contributed by atoms with Gasteiger partial charge in [-0.15, -0.1) is 12.4 Å². The van der Waals surface area contributed by atoms with Gasteiger partial charge in [0.1, 0.15) is 5.92 Å².